The number of carbonyl (C=O) groups is 3. The zero-order valence-corrected chi connectivity index (χ0v) is 18.3. The lowest BCUT2D eigenvalue weighted by Crippen LogP contribution is -2.54. The summed E-state index contributed by atoms with van der Waals surface area (Å²) in [6, 6.07) is 4.61. The zero-order valence-electron chi connectivity index (χ0n) is 22.3. The Morgan fingerprint density at radius 1 is 1.23 bits per heavy atom. The molecule has 3 rings (SSSR count). The predicted molar refractivity (Wildman–Crippen MR) is 116 cm³/mol. The van der Waals surface area contributed by atoms with Gasteiger partial charge < -0.3 is 19.7 Å². The highest BCUT2D eigenvalue weighted by Gasteiger charge is 2.49. The van der Waals surface area contributed by atoms with Crippen LogP contribution < -0.4 is 5.32 Å². The normalized spacial score (nSPS) is 27.5. The van der Waals surface area contributed by atoms with Crippen molar-refractivity contribution in [2.45, 2.75) is 90.0 Å². The SMILES string of the molecule is [2H]C([2H])([2H])[C@@]([2H])(NC(=O)OC(C)(C)C)C(=O)N1[C@H](C(=O)OCc2ccccc2)C[C@@H]2CCCC[C@@H]21. The maximum absolute atomic E-state index is 13.8. The van der Waals surface area contributed by atoms with Crippen LogP contribution in [0.4, 0.5) is 4.79 Å². The molecule has 1 aromatic carbocycles. The summed E-state index contributed by atoms with van der Waals surface area (Å²) in [5.74, 6) is -1.81. The summed E-state index contributed by atoms with van der Waals surface area (Å²) in [4.78, 5) is 40.5. The number of esters is 1. The van der Waals surface area contributed by atoms with Gasteiger partial charge in [0.25, 0.3) is 0 Å². The van der Waals surface area contributed by atoms with Crippen molar-refractivity contribution in [1.29, 1.82) is 0 Å². The molecular formula is C24H34N2O5. The summed E-state index contributed by atoms with van der Waals surface area (Å²) >= 11 is 0. The van der Waals surface area contributed by atoms with Crippen molar-refractivity contribution in [3.05, 3.63) is 35.9 Å². The molecule has 1 saturated carbocycles. The molecule has 0 aromatic heterocycles. The summed E-state index contributed by atoms with van der Waals surface area (Å²) in [5, 5.41) is 1.98. The van der Waals surface area contributed by atoms with Crippen LogP contribution in [0.1, 0.15) is 70.8 Å². The lowest BCUT2D eigenvalue weighted by atomic mass is 9.84. The number of rotatable bonds is 5. The van der Waals surface area contributed by atoms with Gasteiger partial charge in [-0.05, 0) is 58.4 Å². The molecule has 2 amide bonds. The van der Waals surface area contributed by atoms with Crippen LogP contribution in [-0.4, -0.2) is 46.6 Å². The highest BCUT2D eigenvalue weighted by Crippen LogP contribution is 2.40. The third-order valence-corrected chi connectivity index (χ3v) is 5.66. The third-order valence-electron chi connectivity index (χ3n) is 5.66. The standard InChI is InChI=1S/C24H34N2O5/c1-16(25-23(29)31-24(2,3)4)21(27)26-19-13-9-8-12-18(19)14-20(26)22(28)30-15-17-10-6-5-7-11-17/h5-7,10-11,16,18-20H,8-9,12-15H2,1-4H3,(H,25,29)/t16-,18+,19+,20+/m1/s1/i1D3,16D. The highest BCUT2D eigenvalue weighted by atomic mass is 16.6. The maximum atomic E-state index is 13.8. The number of carbonyl (C=O) groups excluding carboxylic acids is 3. The molecule has 1 aliphatic heterocycles. The van der Waals surface area contributed by atoms with E-state index in [0.29, 0.717) is 12.8 Å². The molecule has 4 atom stereocenters. The van der Waals surface area contributed by atoms with Gasteiger partial charge in [0.2, 0.25) is 5.91 Å². The number of nitrogens with zero attached hydrogens (tertiary/aromatic N) is 1. The lowest BCUT2D eigenvalue weighted by molar-refractivity contribution is -0.156. The molecule has 2 aliphatic rings. The summed E-state index contributed by atoms with van der Waals surface area (Å²) in [7, 11) is 0. The molecule has 0 unspecified atom stereocenters. The van der Waals surface area contributed by atoms with Crippen molar-refractivity contribution in [2.75, 3.05) is 0 Å². The molecule has 0 radical (unpaired) electrons. The van der Waals surface area contributed by atoms with Crippen molar-refractivity contribution in [3.8, 4) is 0 Å². The van der Waals surface area contributed by atoms with E-state index >= 15 is 0 Å². The highest BCUT2D eigenvalue weighted by molar-refractivity contribution is 5.90. The van der Waals surface area contributed by atoms with E-state index in [4.69, 9.17) is 15.0 Å². The summed E-state index contributed by atoms with van der Waals surface area (Å²) in [5.41, 5.74) is -0.188. The van der Waals surface area contributed by atoms with Gasteiger partial charge in [0.1, 0.15) is 24.3 Å². The number of benzene rings is 1. The first-order chi connectivity index (χ1) is 16.2. The molecule has 2 fully saturated rings. The molecule has 1 heterocycles. The number of hydrogen-bond donors (Lipinski definition) is 1. The Bertz CT molecular complexity index is 934. The van der Waals surface area contributed by atoms with E-state index in [2.05, 4.69) is 0 Å². The number of fused-ring (bicyclic) bond motifs is 1. The fourth-order valence-corrected chi connectivity index (χ4v) is 4.38. The van der Waals surface area contributed by atoms with Crippen LogP contribution in [0.5, 0.6) is 0 Å². The minimum absolute atomic E-state index is 0.00891. The molecule has 7 heteroatoms. The van der Waals surface area contributed by atoms with Crippen LogP contribution in [0.3, 0.4) is 0 Å². The Balaban J connectivity index is 1.88. The molecule has 1 aliphatic carbocycles. The largest absolute Gasteiger partial charge is 0.459 e. The molecule has 7 nitrogen and oxygen atoms in total. The Kier molecular flexibility index (Phi) is 5.65. The Morgan fingerprint density at radius 2 is 1.94 bits per heavy atom. The van der Waals surface area contributed by atoms with Crippen LogP contribution in [0, 0.1) is 5.92 Å². The van der Waals surface area contributed by atoms with Gasteiger partial charge in [-0.25, -0.2) is 9.59 Å². The molecule has 1 saturated heterocycles. The van der Waals surface area contributed by atoms with Gasteiger partial charge in [0.15, 0.2) is 0 Å². The lowest BCUT2D eigenvalue weighted by Gasteiger charge is -2.35. The van der Waals surface area contributed by atoms with Crippen LogP contribution in [-0.2, 0) is 25.7 Å². The number of amides is 2. The van der Waals surface area contributed by atoms with E-state index in [-0.39, 0.29) is 12.5 Å². The molecular weight excluding hydrogens is 396 g/mol. The average molecular weight is 435 g/mol. The third kappa shape index (κ3) is 5.99. The fraction of sp³-hybridized carbons (Fsp3) is 0.625. The first-order valence-corrected chi connectivity index (χ1v) is 10.8. The van der Waals surface area contributed by atoms with Crippen molar-refractivity contribution in [3.63, 3.8) is 0 Å². The van der Waals surface area contributed by atoms with Gasteiger partial charge in [-0.15, -0.1) is 0 Å². The second-order valence-corrected chi connectivity index (χ2v) is 9.17. The smallest absolute Gasteiger partial charge is 0.408 e. The quantitative estimate of drug-likeness (QED) is 0.713. The van der Waals surface area contributed by atoms with E-state index < -0.39 is 48.5 Å². The van der Waals surface area contributed by atoms with Crippen LogP contribution >= 0.6 is 0 Å². The topological polar surface area (TPSA) is 84.9 Å². The van der Waals surface area contributed by atoms with Crippen molar-refractivity contribution < 1.29 is 29.3 Å². The predicted octanol–water partition coefficient (Wildman–Crippen LogP) is 3.80. The number of hydrogen-bond acceptors (Lipinski definition) is 5. The summed E-state index contributed by atoms with van der Waals surface area (Å²) in [6.45, 7) is 1.55. The second-order valence-electron chi connectivity index (χ2n) is 9.17. The van der Waals surface area contributed by atoms with E-state index in [9.17, 15) is 14.4 Å². The van der Waals surface area contributed by atoms with Crippen LogP contribution in [0.2, 0.25) is 0 Å². The van der Waals surface area contributed by atoms with E-state index in [1.165, 1.54) is 4.90 Å². The molecule has 170 valence electrons. The second kappa shape index (κ2) is 9.71. The van der Waals surface area contributed by atoms with Crippen LogP contribution in [0.15, 0.2) is 30.3 Å². The van der Waals surface area contributed by atoms with Gasteiger partial charge >= 0.3 is 12.1 Å². The Labute approximate surface area is 190 Å². The molecule has 0 spiro atoms. The minimum Gasteiger partial charge on any atom is -0.459 e. The van der Waals surface area contributed by atoms with Gasteiger partial charge in [-0.2, -0.15) is 0 Å². The van der Waals surface area contributed by atoms with Crippen molar-refractivity contribution >= 4 is 18.0 Å². The summed E-state index contributed by atoms with van der Waals surface area (Å²) < 4.78 is 43.0. The zero-order chi connectivity index (χ0) is 26.0. The summed E-state index contributed by atoms with van der Waals surface area (Å²) in [6.07, 6.45) is 2.26. The first kappa shape index (κ1) is 18.0. The van der Waals surface area contributed by atoms with Crippen LogP contribution in [0.25, 0.3) is 0 Å². The molecule has 31 heavy (non-hydrogen) atoms. The fourth-order valence-electron chi connectivity index (χ4n) is 4.38. The van der Waals surface area contributed by atoms with E-state index in [1.54, 1.807) is 32.9 Å². The van der Waals surface area contributed by atoms with E-state index in [0.717, 1.165) is 24.8 Å². The average Bonchev–Trinajstić information content (AvgIpc) is 3.15. The Morgan fingerprint density at radius 3 is 2.61 bits per heavy atom. The van der Waals surface area contributed by atoms with Gasteiger partial charge in [-0.1, -0.05) is 43.2 Å². The molecule has 1 N–H and O–H groups in total. The van der Waals surface area contributed by atoms with Gasteiger partial charge in [0.05, 0.1) is 1.37 Å². The number of nitrogens with one attached hydrogen (secondary N) is 1. The molecule has 0 bridgehead atoms. The number of alkyl carbamates (subject to hydrolysis) is 1. The van der Waals surface area contributed by atoms with Gasteiger partial charge in [0, 0.05) is 10.2 Å². The monoisotopic (exact) mass is 434 g/mol. The van der Waals surface area contributed by atoms with E-state index in [1.807, 2.05) is 23.5 Å². The first-order valence-electron chi connectivity index (χ1n) is 12.8. The minimum atomic E-state index is -3.22. The van der Waals surface area contributed by atoms with Crippen molar-refractivity contribution in [1.82, 2.24) is 10.2 Å². The Hall–Kier alpha value is -2.57. The maximum Gasteiger partial charge on any atom is 0.408 e. The van der Waals surface area contributed by atoms with Gasteiger partial charge in [-0.3, -0.25) is 4.79 Å². The number of ether oxygens (including phenoxy) is 2. The molecule has 1 aromatic rings. The van der Waals surface area contributed by atoms with Crippen molar-refractivity contribution in [2.24, 2.45) is 5.92 Å². The number of likely N-dealkylation sites (tertiary alicyclic amines) is 1.